The Hall–Kier alpha value is -4.52. The van der Waals surface area contributed by atoms with Crippen molar-refractivity contribution in [2.75, 3.05) is 13.1 Å². The third-order valence-corrected chi connectivity index (χ3v) is 10.2. The topological polar surface area (TPSA) is 170 Å². The molecule has 5 amide bonds. The zero-order valence-corrected chi connectivity index (χ0v) is 29.1. The molecule has 262 valence electrons. The second kappa shape index (κ2) is 16.3. The molecule has 13 heteroatoms. The lowest BCUT2D eigenvalue weighted by Crippen LogP contribution is -2.50. The van der Waals surface area contributed by atoms with Crippen LogP contribution in [-0.2, 0) is 25.6 Å². The Labute approximate surface area is 290 Å². The number of nitrogens with one attached hydrogen (secondary N) is 4. The maximum absolute atomic E-state index is 13.8. The molecule has 2 aromatic carbocycles. The highest BCUT2D eigenvalue weighted by Gasteiger charge is 2.41. The molecular formula is C36H46N6O6S. The highest BCUT2D eigenvalue weighted by Crippen LogP contribution is 2.24. The van der Waals surface area contributed by atoms with Crippen molar-refractivity contribution in [1.82, 2.24) is 31.2 Å². The number of nitrogens with zero attached hydrogens (tertiary/aromatic N) is 2. The molecule has 0 unspecified atom stereocenters. The lowest BCUT2D eigenvalue weighted by Gasteiger charge is -2.29. The number of phenols is 1. The Morgan fingerprint density at radius 2 is 1.84 bits per heavy atom. The van der Waals surface area contributed by atoms with Crippen LogP contribution in [0.25, 0.3) is 10.2 Å². The first-order chi connectivity index (χ1) is 23.5. The summed E-state index contributed by atoms with van der Waals surface area (Å²) in [5, 5.41) is 21.6. The van der Waals surface area contributed by atoms with Gasteiger partial charge in [0.2, 0.25) is 23.6 Å². The van der Waals surface area contributed by atoms with Gasteiger partial charge in [-0.25, -0.2) is 4.98 Å². The molecule has 1 aromatic heterocycles. The zero-order valence-electron chi connectivity index (χ0n) is 28.2. The van der Waals surface area contributed by atoms with Gasteiger partial charge in [0.1, 0.15) is 17.8 Å². The van der Waals surface area contributed by atoms with E-state index in [2.05, 4.69) is 26.3 Å². The van der Waals surface area contributed by atoms with Gasteiger partial charge in [0.05, 0.1) is 15.7 Å². The van der Waals surface area contributed by atoms with Gasteiger partial charge in [0, 0.05) is 50.0 Å². The number of aromatic nitrogens is 1. The van der Waals surface area contributed by atoms with Crippen molar-refractivity contribution in [3.63, 3.8) is 0 Å². The van der Waals surface area contributed by atoms with Crippen LogP contribution in [0.15, 0.2) is 48.0 Å². The van der Waals surface area contributed by atoms with Crippen LogP contribution in [0.1, 0.15) is 75.2 Å². The first kappa shape index (κ1) is 35.8. The van der Waals surface area contributed by atoms with Gasteiger partial charge in [-0.2, -0.15) is 0 Å². The van der Waals surface area contributed by atoms with Crippen LogP contribution in [0, 0.1) is 11.8 Å². The minimum absolute atomic E-state index is 0.0113. The summed E-state index contributed by atoms with van der Waals surface area (Å²) < 4.78 is 0.899. The summed E-state index contributed by atoms with van der Waals surface area (Å²) in [5.74, 6) is -1.16. The van der Waals surface area contributed by atoms with Crippen LogP contribution in [-0.4, -0.2) is 81.8 Å². The molecule has 3 aromatic rings. The number of phenolic OH excluding ortho intramolecular Hbond substituents is 1. The van der Waals surface area contributed by atoms with Crippen LogP contribution in [0.3, 0.4) is 0 Å². The SMILES string of the molecule is CC(C)[C@@H]1CC[C@@H](C)CC(=O)N[C@@H](Cc2ccc(O)cc2)C(=O)NCCCC(=O)N2C[C@H](NC(=O)c3ccc4ncsc4c3)C[C@H]2C(=O)N1. The summed E-state index contributed by atoms with van der Waals surface area (Å²) in [6.07, 6.45) is 2.47. The monoisotopic (exact) mass is 690 g/mol. The van der Waals surface area contributed by atoms with E-state index in [9.17, 15) is 29.1 Å². The van der Waals surface area contributed by atoms with Gasteiger partial charge >= 0.3 is 0 Å². The molecule has 5 rings (SSSR count). The third-order valence-electron chi connectivity index (χ3n) is 9.38. The Bertz CT molecular complexity index is 1660. The fourth-order valence-corrected chi connectivity index (χ4v) is 7.23. The Balaban J connectivity index is 1.31. The predicted molar refractivity (Wildman–Crippen MR) is 187 cm³/mol. The van der Waals surface area contributed by atoms with Crippen LogP contribution < -0.4 is 21.3 Å². The van der Waals surface area contributed by atoms with E-state index in [1.54, 1.807) is 40.7 Å². The summed E-state index contributed by atoms with van der Waals surface area (Å²) in [6, 6.07) is 9.63. The molecule has 3 heterocycles. The van der Waals surface area contributed by atoms with E-state index in [-0.39, 0.29) is 91.9 Å². The predicted octanol–water partition coefficient (Wildman–Crippen LogP) is 3.29. The number of carbonyl (C=O) groups is 5. The van der Waals surface area contributed by atoms with Crippen LogP contribution >= 0.6 is 11.3 Å². The summed E-state index contributed by atoms with van der Waals surface area (Å²) in [7, 11) is 0. The van der Waals surface area contributed by atoms with Gasteiger partial charge < -0.3 is 31.3 Å². The second-order valence-corrected chi connectivity index (χ2v) is 14.5. The molecule has 49 heavy (non-hydrogen) atoms. The van der Waals surface area contributed by atoms with Crippen molar-refractivity contribution < 1.29 is 29.1 Å². The summed E-state index contributed by atoms with van der Waals surface area (Å²) in [6.45, 7) is 6.43. The maximum atomic E-state index is 13.8. The Morgan fingerprint density at radius 1 is 1.06 bits per heavy atom. The molecule has 12 nitrogen and oxygen atoms in total. The molecule has 0 bridgehead atoms. The minimum atomic E-state index is -0.828. The van der Waals surface area contributed by atoms with Crippen molar-refractivity contribution in [2.45, 2.75) is 89.9 Å². The van der Waals surface area contributed by atoms with Gasteiger partial charge in [-0.1, -0.05) is 32.9 Å². The van der Waals surface area contributed by atoms with Gasteiger partial charge in [0.25, 0.3) is 5.91 Å². The van der Waals surface area contributed by atoms with E-state index in [0.29, 0.717) is 24.8 Å². The normalized spacial score (nSPS) is 24.8. The first-order valence-corrected chi connectivity index (χ1v) is 17.9. The molecule has 2 aliphatic heterocycles. The number of carbonyl (C=O) groups excluding carboxylic acids is 5. The average molecular weight is 691 g/mol. The number of aromatic hydroxyl groups is 1. The van der Waals surface area contributed by atoms with Crippen molar-refractivity contribution in [1.29, 1.82) is 0 Å². The summed E-state index contributed by atoms with van der Waals surface area (Å²) >= 11 is 1.45. The van der Waals surface area contributed by atoms with Crippen molar-refractivity contribution in [3.05, 3.63) is 59.1 Å². The molecule has 2 fully saturated rings. The van der Waals surface area contributed by atoms with Gasteiger partial charge in [-0.05, 0) is 73.4 Å². The molecule has 0 saturated carbocycles. The van der Waals surface area contributed by atoms with Crippen molar-refractivity contribution >= 4 is 51.1 Å². The van der Waals surface area contributed by atoms with E-state index in [4.69, 9.17) is 0 Å². The second-order valence-electron chi connectivity index (χ2n) is 13.6. The molecular weight excluding hydrogens is 644 g/mol. The number of rotatable bonds is 5. The molecule has 0 spiro atoms. The number of thiazole rings is 1. The lowest BCUT2D eigenvalue weighted by molar-refractivity contribution is -0.139. The van der Waals surface area contributed by atoms with Gasteiger partial charge in [0.15, 0.2) is 0 Å². The Kier molecular flexibility index (Phi) is 11.9. The van der Waals surface area contributed by atoms with E-state index >= 15 is 0 Å². The zero-order chi connectivity index (χ0) is 35.1. The molecule has 5 N–H and O–H groups in total. The number of hydrogen-bond acceptors (Lipinski definition) is 8. The fraction of sp³-hybridized carbons (Fsp3) is 0.500. The van der Waals surface area contributed by atoms with Crippen LogP contribution in [0.2, 0.25) is 0 Å². The number of fused-ring (bicyclic) bond motifs is 2. The average Bonchev–Trinajstić information content (AvgIpc) is 3.72. The quantitative estimate of drug-likeness (QED) is 0.274. The van der Waals surface area contributed by atoms with E-state index in [1.165, 1.54) is 23.5 Å². The Morgan fingerprint density at radius 3 is 2.59 bits per heavy atom. The largest absolute Gasteiger partial charge is 0.508 e. The van der Waals surface area contributed by atoms with Crippen LogP contribution in [0.4, 0.5) is 0 Å². The number of benzene rings is 2. The molecule has 2 saturated heterocycles. The van der Waals surface area contributed by atoms with E-state index in [1.807, 2.05) is 20.8 Å². The maximum Gasteiger partial charge on any atom is 0.251 e. The first-order valence-electron chi connectivity index (χ1n) is 17.1. The number of amides is 5. The molecule has 0 radical (unpaired) electrons. The van der Waals surface area contributed by atoms with Crippen molar-refractivity contribution in [3.8, 4) is 5.75 Å². The van der Waals surface area contributed by atoms with Crippen LogP contribution in [0.5, 0.6) is 5.75 Å². The highest BCUT2D eigenvalue weighted by atomic mass is 32.1. The highest BCUT2D eigenvalue weighted by molar-refractivity contribution is 7.16. The third kappa shape index (κ3) is 9.56. The van der Waals surface area contributed by atoms with Crippen molar-refractivity contribution in [2.24, 2.45) is 11.8 Å². The molecule has 2 aliphatic rings. The smallest absolute Gasteiger partial charge is 0.251 e. The van der Waals surface area contributed by atoms with Gasteiger partial charge in [-0.15, -0.1) is 11.3 Å². The van der Waals surface area contributed by atoms with Gasteiger partial charge in [-0.3, -0.25) is 24.0 Å². The number of hydrogen-bond donors (Lipinski definition) is 5. The fourth-order valence-electron chi connectivity index (χ4n) is 6.51. The summed E-state index contributed by atoms with van der Waals surface area (Å²) in [4.78, 5) is 72.8. The minimum Gasteiger partial charge on any atom is -0.508 e. The molecule has 0 aliphatic carbocycles. The standard InChI is InChI=1S/C36H46N6O6S/c1-21(2)27-12-6-22(3)15-32(44)40-29(16-23-7-10-26(43)11-8-23)35(47)37-14-4-5-33(45)42-19-25(18-30(42)36(48)41-27)39-34(46)24-9-13-28-31(17-24)49-20-38-28/h7-11,13,17,20-22,25,27,29-30,43H,4-6,12,14-16,18-19H2,1-3H3,(H,37,47)(H,39,46)(H,40,44)(H,41,48)/t22-,25-,27+,29+,30+/m1/s1. The lowest BCUT2D eigenvalue weighted by atomic mass is 9.92. The van der Waals surface area contributed by atoms with E-state index < -0.39 is 18.1 Å². The summed E-state index contributed by atoms with van der Waals surface area (Å²) in [5.41, 5.74) is 3.82. The molecule has 5 atom stereocenters. The van der Waals surface area contributed by atoms with E-state index in [0.717, 1.165) is 15.8 Å².